The van der Waals surface area contributed by atoms with E-state index in [9.17, 15) is 0 Å². The molecule has 0 amide bonds. The first-order chi connectivity index (χ1) is 7.88. The number of aryl methyl sites for hydroxylation is 1. The lowest BCUT2D eigenvalue weighted by molar-refractivity contribution is 0.351. The van der Waals surface area contributed by atoms with E-state index < -0.39 is 0 Å². The molecule has 1 aromatic carbocycles. The Labute approximate surface area is 101 Å². The van der Waals surface area contributed by atoms with Gasteiger partial charge in [-0.05, 0) is 61.9 Å². The van der Waals surface area contributed by atoms with Crippen LogP contribution in [-0.4, -0.2) is 20.2 Å². The molecule has 0 saturated carbocycles. The Balaban J connectivity index is 2.57. The molecule has 17 heavy (non-hydrogen) atoms. The van der Waals surface area contributed by atoms with Crippen molar-refractivity contribution in [2.75, 3.05) is 5.73 Å². The van der Waals surface area contributed by atoms with Crippen LogP contribution in [0.3, 0.4) is 0 Å². The van der Waals surface area contributed by atoms with Gasteiger partial charge in [0.25, 0.3) is 0 Å². The van der Waals surface area contributed by atoms with Gasteiger partial charge in [0.15, 0.2) is 5.82 Å². The van der Waals surface area contributed by atoms with Gasteiger partial charge in [0, 0.05) is 11.3 Å². The highest BCUT2D eigenvalue weighted by Gasteiger charge is 2.20. The standard InChI is InChI=1S/C12H17N5/c1-8-5-9(7-10(13)6-8)11-14-15-16-17(11)12(2,3)4/h5-7H,13H2,1-4H3. The molecule has 1 heterocycles. The lowest BCUT2D eigenvalue weighted by Crippen LogP contribution is -2.24. The summed E-state index contributed by atoms with van der Waals surface area (Å²) in [5.74, 6) is 0.743. The maximum atomic E-state index is 5.85. The van der Waals surface area contributed by atoms with Crippen LogP contribution in [0.4, 0.5) is 5.69 Å². The van der Waals surface area contributed by atoms with Gasteiger partial charge in [-0.3, -0.25) is 0 Å². The van der Waals surface area contributed by atoms with Gasteiger partial charge in [-0.25, -0.2) is 4.68 Å². The number of hydrogen-bond acceptors (Lipinski definition) is 4. The van der Waals surface area contributed by atoms with Crippen molar-refractivity contribution < 1.29 is 0 Å². The van der Waals surface area contributed by atoms with E-state index in [1.54, 1.807) is 4.68 Å². The number of anilines is 1. The predicted octanol–water partition coefficient (Wildman–Crippen LogP) is 1.99. The van der Waals surface area contributed by atoms with E-state index in [1.807, 2.05) is 25.1 Å². The van der Waals surface area contributed by atoms with E-state index in [1.165, 1.54) is 0 Å². The van der Waals surface area contributed by atoms with E-state index >= 15 is 0 Å². The van der Waals surface area contributed by atoms with Gasteiger partial charge >= 0.3 is 0 Å². The normalized spacial score (nSPS) is 11.8. The summed E-state index contributed by atoms with van der Waals surface area (Å²) in [6, 6.07) is 5.85. The Morgan fingerprint density at radius 1 is 1.18 bits per heavy atom. The van der Waals surface area contributed by atoms with Gasteiger partial charge in [-0.2, -0.15) is 0 Å². The minimum Gasteiger partial charge on any atom is -0.399 e. The van der Waals surface area contributed by atoms with Gasteiger partial charge in [-0.15, -0.1) is 5.10 Å². The van der Waals surface area contributed by atoms with E-state index in [4.69, 9.17) is 5.73 Å². The molecule has 0 aliphatic heterocycles. The highest BCUT2D eigenvalue weighted by Crippen LogP contribution is 2.24. The third kappa shape index (κ3) is 2.27. The average molecular weight is 231 g/mol. The summed E-state index contributed by atoms with van der Waals surface area (Å²) in [6.07, 6.45) is 0. The molecule has 2 N–H and O–H groups in total. The lowest BCUT2D eigenvalue weighted by Gasteiger charge is -2.20. The molecular weight excluding hydrogens is 214 g/mol. The van der Waals surface area contributed by atoms with E-state index in [2.05, 4.69) is 36.3 Å². The molecule has 0 saturated heterocycles. The average Bonchev–Trinajstić information content (AvgIpc) is 2.63. The minimum absolute atomic E-state index is 0.155. The summed E-state index contributed by atoms with van der Waals surface area (Å²) in [6.45, 7) is 8.19. The van der Waals surface area contributed by atoms with E-state index in [-0.39, 0.29) is 5.54 Å². The first kappa shape index (κ1) is 11.6. The number of nitrogen functional groups attached to an aromatic ring is 1. The molecule has 0 unspecified atom stereocenters. The molecule has 1 aromatic heterocycles. The summed E-state index contributed by atoms with van der Waals surface area (Å²) in [4.78, 5) is 0. The Morgan fingerprint density at radius 2 is 1.88 bits per heavy atom. The summed E-state index contributed by atoms with van der Waals surface area (Å²) in [5, 5.41) is 11.9. The van der Waals surface area contributed by atoms with Crippen molar-refractivity contribution in [3.63, 3.8) is 0 Å². The van der Waals surface area contributed by atoms with Crippen molar-refractivity contribution in [1.82, 2.24) is 20.2 Å². The van der Waals surface area contributed by atoms with Crippen molar-refractivity contribution in [2.45, 2.75) is 33.2 Å². The van der Waals surface area contributed by atoms with Gasteiger partial charge in [-0.1, -0.05) is 0 Å². The summed E-state index contributed by atoms with van der Waals surface area (Å²) < 4.78 is 1.81. The molecule has 5 heteroatoms. The molecule has 0 spiro atoms. The second kappa shape index (κ2) is 3.84. The Hall–Kier alpha value is -1.91. The number of hydrogen-bond donors (Lipinski definition) is 1. The van der Waals surface area contributed by atoms with Crippen molar-refractivity contribution in [3.05, 3.63) is 23.8 Å². The Kier molecular flexibility index (Phi) is 2.61. The van der Waals surface area contributed by atoms with Crippen LogP contribution in [0.15, 0.2) is 18.2 Å². The molecule has 0 aliphatic carbocycles. The number of tetrazole rings is 1. The largest absolute Gasteiger partial charge is 0.399 e. The summed E-state index contributed by atoms with van der Waals surface area (Å²) in [7, 11) is 0. The number of nitrogens with zero attached hydrogens (tertiary/aromatic N) is 4. The summed E-state index contributed by atoms with van der Waals surface area (Å²) in [5.41, 5.74) is 8.46. The number of benzene rings is 1. The molecule has 5 nitrogen and oxygen atoms in total. The van der Waals surface area contributed by atoms with Crippen molar-refractivity contribution in [1.29, 1.82) is 0 Å². The lowest BCUT2D eigenvalue weighted by atomic mass is 10.1. The fraction of sp³-hybridized carbons (Fsp3) is 0.417. The molecule has 0 radical (unpaired) electrons. The first-order valence-electron chi connectivity index (χ1n) is 5.54. The number of aromatic nitrogens is 4. The van der Waals surface area contributed by atoms with Crippen molar-refractivity contribution >= 4 is 5.69 Å². The molecular formula is C12H17N5. The van der Waals surface area contributed by atoms with Crippen LogP contribution in [0, 0.1) is 6.92 Å². The molecule has 90 valence electrons. The molecule has 2 aromatic rings. The van der Waals surface area contributed by atoms with Crippen LogP contribution >= 0.6 is 0 Å². The van der Waals surface area contributed by atoms with Crippen LogP contribution < -0.4 is 5.73 Å². The second-order valence-electron chi connectivity index (χ2n) is 5.22. The van der Waals surface area contributed by atoms with Gasteiger partial charge in [0.05, 0.1) is 5.54 Å². The van der Waals surface area contributed by atoms with Gasteiger partial charge in [0.2, 0.25) is 0 Å². The molecule has 0 bridgehead atoms. The zero-order valence-electron chi connectivity index (χ0n) is 10.6. The van der Waals surface area contributed by atoms with Crippen LogP contribution in [0.5, 0.6) is 0 Å². The van der Waals surface area contributed by atoms with Crippen molar-refractivity contribution in [3.8, 4) is 11.4 Å². The third-order valence-corrected chi connectivity index (χ3v) is 2.46. The maximum Gasteiger partial charge on any atom is 0.182 e. The van der Waals surface area contributed by atoms with Crippen LogP contribution in [0.1, 0.15) is 26.3 Å². The van der Waals surface area contributed by atoms with Gasteiger partial charge < -0.3 is 5.73 Å². The molecule has 0 aliphatic rings. The fourth-order valence-electron chi connectivity index (χ4n) is 1.76. The smallest absolute Gasteiger partial charge is 0.182 e. The Bertz CT molecular complexity index is 516. The van der Waals surface area contributed by atoms with Gasteiger partial charge in [0.1, 0.15) is 0 Å². The SMILES string of the molecule is Cc1cc(N)cc(-c2nnnn2C(C)(C)C)c1. The highest BCUT2D eigenvalue weighted by molar-refractivity contribution is 5.62. The monoisotopic (exact) mass is 231 g/mol. The molecule has 0 atom stereocenters. The molecule has 2 rings (SSSR count). The summed E-state index contributed by atoms with van der Waals surface area (Å²) >= 11 is 0. The molecule has 0 fully saturated rings. The quantitative estimate of drug-likeness (QED) is 0.762. The van der Waals surface area contributed by atoms with Crippen LogP contribution in [0.25, 0.3) is 11.4 Å². The number of nitrogens with two attached hydrogens (primary N) is 1. The minimum atomic E-state index is -0.155. The maximum absolute atomic E-state index is 5.85. The fourth-order valence-corrected chi connectivity index (χ4v) is 1.76. The topological polar surface area (TPSA) is 69.6 Å². The van der Waals surface area contributed by atoms with E-state index in [0.717, 1.165) is 22.6 Å². The first-order valence-corrected chi connectivity index (χ1v) is 5.54. The van der Waals surface area contributed by atoms with Crippen LogP contribution in [0.2, 0.25) is 0 Å². The number of rotatable bonds is 1. The third-order valence-electron chi connectivity index (χ3n) is 2.46. The van der Waals surface area contributed by atoms with Crippen molar-refractivity contribution in [2.24, 2.45) is 0 Å². The predicted molar refractivity (Wildman–Crippen MR) is 67.4 cm³/mol. The Morgan fingerprint density at radius 3 is 2.47 bits per heavy atom. The van der Waals surface area contributed by atoms with E-state index in [0.29, 0.717) is 0 Å². The second-order valence-corrected chi connectivity index (χ2v) is 5.22. The van der Waals surface area contributed by atoms with Crippen LogP contribution in [-0.2, 0) is 5.54 Å². The highest BCUT2D eigenvalue weighted by atomic mass is 15.6. The zero-order chi connectivity index (χ0) is 12.6. The zero-order valence-corrected chi connectivity index (χ0v) is 10.6.